The number of hydrogen-bond donors (Lipinski definition) is 0. The number of fused-ring (bicyclic) bond motifs is 13. The third-order valence-corrected chi connectivity index (χ3v) is 14.1. The van der Waals surface area contributed by atoms with E-state index < -0.39 is 0 Å². The van der Waals surface area contributed by atoms with Crippen molar-refractivity contribution in [3.63, 3.8) is 0 Å². The zero-order valence-corrected chi connectivity index (χ0v) is 37.9. The summed E-state index contributed by atoms with van der Waals surface area (Å²) in [6.45, 7) is 4.23. The van der Waals surface area contributed by atoms with Crippen molar-refractivity contribution in [2.45, 2.75) is 13.8 Å². The van der Waals surface area contributed by atoms with E-state index in [1.807, 2.05) is 0 Å². The number of anilines is 6. The van der Waals surface area contributed by atoms with Gasteiger partial charge in [-0.2, -0.15) is 0 Å². The summed E-state index contributed by atoms with van der Waals surface area (Å²) in [5.74, 6) is 0. The Labute approximate surface area is 397 Å². The average molecular weight is 887 g/mol. The molecule has 14 aromatic rings. The van der Waals surface area contributed by atoms with Crippen molar-refractivity contribution < 1.29 is 13.3 Å². The molecule has 0 atom stereocenters. The van der Waals surface area contributed by atoms with E-state index in [1.54, 1.807) is 0 Å². The highest BCUT2D eigenvalue weighted by atomic mass is 16.3. The number of hydrogen-bond acceptors (Lipinski definition) is 5. The van der Waals surface area contributed by atoms with Crippen LogP contribution in [0.1, 0.15) is 11.1 Å². The van der Waals surface area contributed by atoms with Crippen molar-refractivity contribution in [1.29, 1.82) is 0 Å². The van der Waals surface area contributed by atoms with E-state index in [9.17, 15) is 0 Å². The predicted molar refractivity (Wildman–Crippen MR) is 288 cm³/mol. The van der Waals surface area contributed by atoms with Gasteiger partial charge in [-0.15, -0.1) is 0 Å². The Kier molecular flexibility index (Phi) is 8.65. The molecule has 0 saturated heterocycles. The number of nitrogens with zero attached hydrogens (tertiary/aromatic N) is 2. The number of furan rings is 3. The van der Waals surface area contributed by atoms with Gasteiger partial charge in [-0.05, 0) is 84.0 Å². The van der Waals surface area contributed by atoms with Crippen LogP contribution in [0.3, 0.4) is 0 Å². The van der Waals surface area contributed by atoms with Crippen LogP contribution in [0.4, 0.5) is 34.1 Å². The van der Waals surface area contributed by atoms with Gasteiger partial charge >= 0.3 is 0 Å². The highest BCUT2D eigenvalue weighted by Crippen LogP contribution is 2.51. The third kappa shape index (κ3) is 5.97. The largest absolute Gasteiger partial charge is 0.455 e. The van der Waals surface area contributed by atoms with Gasteiger partial charge in [-0.3, -0.25) is 0 Å². The van der Waals surface area contributed by atoms with Crippen molar-refractivity contribution in [1.82, 2.24) is 0 Å². The lowest BCUT2D eigenvalue weighted by Crippen LogP contribution is -2.11. The van der Waals surface area contributed by atoms with Gasteiger partial charge in [0, 0.05) is 65.9 Å². The minimum Gasteiger partial charge on any atom is -0.455 e. The number of rotatable bonds is 7. The smallest absolute Gasteiger partial charge is 0.159 e. The van der Waals surface area contributed by atoms with Crippen LogP contribution in [0, 0.1) is 13.8 Å². The van der Waals surface area contributed by atoms with E-state index in [0.717, 1.165) is 138 Å². The Morgan fingerprint density at radius 1 is 0.275 bits per heavy atom. The molecule has 0 radical (unpaired) electrons. The molecule has 0 saturated carbocycles. The minimum atomic E-state index is 0.795. The molecule has 11 aromatic carbocycles. The van der Waals surface area contributed by atoms with Crippen molar-refractivity contribution in [2.75, 3.05) is 9.80 Å². The van der Waals surface area contributed by atoms with Gasteiger partial charge in [0.1, 0.15) is 22.3 Å². The van der Waals surface area contributed by atoms with Crippen molar-refractivity contribution in [2.24, 2.45) is 0 Å². The molecular weight excluding hydrogens is 845 g/mol. The zero-order valence-electron chi connectivity index (χ0n) is 37.9. The summed E-state index contributed by atoms with van der Waals surface area (Å²) in [7, 11) is 0. The summed E-state index contributed by atoms with van der Waals surface area (Å²) in [6, 6.07) is 77.6. The van der Waals surface area contributed by atoms with Gasteiger partial charge in [0.25, 0.3) is 0 Å². The van der Waals surface area contributed by atoms with Crippen LogP contribution in [0.25, 0.3) is 98.5 Å². The van der Waals surface area contributed by atoms with Crippen LogP contribution < -0.4 is 9.80 Å². The Morgan fingerprint density at radius 3 is 1.29 bits per heavy atom. The Hall–Kier alpha value is -9.06. The molecule has 3 heterocycles. The lowest BCUT2D eigenvalue weighted by molar-refractivity contribution is 0.665. The third-order valence-electron chi connectivity index (χ3n) is 14.1. The van der Waals surface area contributed by atoms with Crippen LogP contribution in [-0.4, -0.2) is 0 Å². The Bertz CT molecular complexity index is 4330. The zero-order chi connectivity index (χ0) is 45.7. The van der Waals surface area contributed by atoms with E-state index in [1.165, 1.54) is 5.56 Å². The molecular formula is C64H42N2O3. The first kappa shape index (κ1) is 39.1. The molecule has 0 spiro atoms. The standard InChI is InChI=1S/C64H42N2O3/c1-39-17-13-27-49-51-29-15-31-54(63(51)68-60(39)49)65(43-21-7-4-8-22-43)57-38-58-59(47-25-11-9-23-45(47)57)53-37-56(46-24-10-12-26-48(46)62(53)67-58)66(44-35-33-42(34-36-44)41-19-5-3-6-20-41)55-32-16-30-52-50-28-14-18-40(2)61(50)69-64(52)55/h3-38H,1-2H3. The van der Waals surface area contributed by atoms with Crippen molar-refractivity contribution in [3.05, 3.63) is 230 Å². The van der Waals surface area contributed by atoms with Crippen LogP contribution in [0.15, 0.2) is 232 Å². The molecule has 69 heavy (non-hydrogen) atoms. The first-order chi connectivity index (χ1) is 34.1. The van der Waals surface area contributed by atoms with Crippen LogP contribution >= 0.6 is 0 Å². The highest BCUT2D eigenvalue weighted by molar-refractivity contribution is 6.28. The predicted octanol–water partition coefficient (Wildman–Crippen LogP) is 18.9. The molecule has 0 aliphatic heterocycles. The number of benzene rings is 11. The second kappa shape index (κ2) is 15.2. The summed E-state index contributed by atoms with van der Waals surface area (Å²) in [4.78, 5) is 4.70. The molecule has 0 aliphatic carbocycles. The summed E-state index contributed by atoms with van der Waals surface area (Å²) >= 11 is 0. The van der Waals surface area contributed by atoms with E-state index in [-0.39, 0.29) is 0 Å². The van der Waals surface area contributed by atoms with E-state index in [2.05, 4.69) is 242 Å². The molecule has 0 bridgehead atoms. The van der Waals surface area contributed by atoms with Gasteiger partial charge in [-0.1, -0.05) is 170 Å². The van der Waals surface area contributed by atoms with Gasteiger partial charge < -0.3 is 23.1 Å². The second-order valence-electron chi connectivity index (χ2n) is 18.1. The van der Waals surface area contributed by atoms with Crippen LogP contribution in [-0.2, 0) is 0 Å². The van der Waals surface area contributed by atoms with Crippen LogP contribution in [0.2, 0.25) is 0 Å². The normalized spacial score (nSPS) is 11.9. The number of para-hydroxylation sites is 5. The minimum absolute atomic E-state index is 0.795. The first-order valence-electron chi connectivity index (χ1n) is 23.5. The lowest BCUT2D eigenvalue weighted by Gasteiger charge is -2.27. The summed E-state index contributed by atoms with van der Waals surface area (Å²) in [5, 5.41) is 10.7. The first-order valence-corrected chi connectivity index (χ1v) is 23.5. The summed E-state index contributed by atoms with van der Waals surface area (Å²) in [5.41, 5.74) is 15.6. The molecule has 0 unspecified atom stereocenters. The van der Waals surface area contributed by atoms with E-state index in [4.69, 9.17) is 13.3 Å². The molecule has 0 aliphatic rings. The molecule has 0 amide bonds. The molecule has 326 valence electrons. The Morgan fingerprint density at radius 2 is 0.696 bits per heavy atom. The van der Waals surface area contributed by atoms with Gasteiger partial charge in [0.05, 0.1) is 22.7 Å². The average Bonchev–Trinajstić information content (AvgIpc) is 4.11. The van der Waals surface area contributed by atoms with Crippen LogP contribution in [0.5, 0.6) is 0 Å². The quantitative estimate of drug-likeness (QED) is 0.160. The highest BCUT2D eigenvalue weighted by Gasteiger charge is 2.27. The van der Waals surface area contributed by atoms with E-state index >= 15 is 0 Å². The molecule has 14 rings (SSSR count). The molecule has 5 heteroatoms. The fourth-order valence-corrected chi connectivity index (χ4v) is 10.9. The molecule has 0 fully saturated rings. The number of aryl methyl sites for hydroxylation is 2. The summed E-state index contributed by atoms with van der Waals surface area (Å²) < 4.78 is 21.0. The fourth-order valence-electron chi connectivity index (χ4n) is 10.9. The second-order valence-corrected chi connectivity index (χ2v) is 18.1. The monoisotopic (exact) mass is 886 g/mol. The maximum atomic E-state index is 7.23. The fraction of sp³-hybridized carbons (Fsp3) is 0.0312. The van der Waals surface area contributed by atoms with E-state index in [0.29, 0.717) is 0 Å². The maximum Gasteiger partial charge on any atom is 0.159 e. The lowest BCUT2D eigenvalue weighted by atomic mass is 9.97. The van der Waals surface area contributed by atoms with Gasteiger partial charge in [-0.25, -0.2) is 0 Å². The van der Waals surface area contributed by atoms with Gasteiger partial charge in [0.2, 0.25) is 0 Å². The Balaban J connectivity index is 1.05. The summed E-state index contributed by atoms with van der Waals surface area (Å²) in [6.07, 6.45) is 0. The van der Waals surface area contributed by atoms with Gasteiger partial charge in [0.15, 0.2) is 11.2 Å². The SMILES string of the molecule is Cc1cccc2c1oc1c(N(c3ccc(-c4ccccc4)cc3)c3cc4c(oc5cc(N(c6ccccc6)c6cccc7c6oc6c(C)cccc67)c6ccccc6c54)c4ccccc34)cccc12. The topological polar surface area (TPSA) is 45.9 Å². The van der Waals surface area contributed by atoms with Crippen molar-refractivity contribution >= 4 is 121 Å². The molecule has 0 N–H and O–H groups in total. The molecule has 5 nitrogen and oxygen atoms in total. The maximum absolute atomic E-state index is 7.23. The molecule has 3 aromatic heterocycles. The van der Waals surface area contributed by atoms with Crippen molar-refractivity contribution in [3.8, 4) is 11.1 Å².